The van der Waals surface area contributed by atoms with Crippen LogP contribution in [0.3, 0.4) is 0 Å². The molecule has 1 aliphatic heterocycles. The van der Waals surface area contributed by atoms with Gasteiger partial charge in [-0.25, -0.2) is 0 Å². The summed E-state index contributed by atoms with van der Waals surface area (Å²) in [4.78, 5) is 0. The van der Waals surface area contributed by atoms with E-state index in [1.165, 1.54) is 5.56 Å². The zero-order valence-corrected chi connectivity index (χ0v) is 9.58. The van der Waals surface area contributed by atoms with Gasteiger partial charge in [-0.15, -0.1) is 0 Å². The number of fused-ring (bicyclic) bond motifs is 1. The molecule has 0 bridgehead atoms. The van der Waals surface area contributed by atoms with Gasteiger partial charge in [0.2, 0.25) is 0 Å². The minimum atomic E-state index is -0.356. The molecular weight excluding hydrogens is 188 g/mol. The summed E-state index contributed by atoms with van der Waals surface area (Å²) in [5.41, 5.74) is 3.34. The molecule has 1 unspecified atom stereocenters. The summed E-state index contributed by atoms with van der Waals surface area (Å²) in [5, 5.41) is 10.0. The third-order valence-electron chi connectivity index (χ3n) is 3.02. The van der Waals surface area contributed by atoms with Crippen molar-refractivity contribution in [2.45, 2.75) is 39.2 Å². The van der Waals surface area contributed by atoms with E-state index in [2.05, 4.69) is 26.0 Å². The number of aryl methyl sites for hydroxylation is 1. The Morgan fingerprint density at radius 1 is 1.40 bits per heavy atom. The zero-order valence-electron chi connectivity index (χ0n) is 9.58. The highest BCUT2D eigenvalue weighted by Crippen LogP contribution is 2.39. The molecule has 2 heteroatoms. The fourth-order valence-corrected chi connectivity index (χ4v) is 2.18. The average Bonchev–Trinajstić information content (AvgIpc) is 2.19. The molecule has 1 N–H and O–H groups in total. The molecule has 0 aromatic heterocycles. The van der Waals surface area contributed by atoms with Crippen LogP contribution in [0.2, 0.25) is 0 Å². The number of ether oxygens (including phenoxy) is 1. The first-order valence-corrected chi connectivity index (χ1v) is 5.55. The maximum absolute atomic E-state index is 10.0. The smallest absolute Gasteiger partial charge is 0.128 e. The van der Waals surface area contributed by atoms with Gasteiger partial charge in [-0.1, -0.05) is 26.0 Å². The Bertz CT molecular complexity index is 369. The maximum atomic E-state index is 10.0. The summed E-state index contributed by atoms with van der Waals surface area (Å²) in [5.74, 6) is 1.33. The average molecular weight is 206 g/mol. The molecule has 1 aliphatic rings. The Hall–Kier alpha value is -1.02. The van der Waals surface area contributed by atoms with Crippen molar-refractivity contribution in [3.8, 4) is 5.75 Å². The lowest BCUT2D eigenvalue weighted by atomic mass is 9.89. The van der Waals surface area contributed by atoms with Crippen LogP contribution in [0.15, 0.2) is 12.1 Å². The van der Waals surface area contributed by atoms with Crippen LogP contribution in [0.25, 0.3) is 0 Å². The third kappa shape index (κ3) is 1.74. The monoisotopic (exact) mass is 206 g/mol. The second-order valence-corrected chi connectivity index (χ2v) is 4.52. The molecule has 0 saturated heterocycles. The Labute approximate surface area is 90.9 Å². The van der Waals surface area contributed by atoms with Crippen molar-refractivity contribution >= 4 is 0 Å². The molecule has 0 saturated carbocycles. The third-order valence-corrected chi connectivity index (χ3v) is 3.02. The number of hydrogen-bond acceptors (Lipinski definition) is 2. The van der Waals surface area contributed by atoms with Crippen molar-refractivity contribution in [3.05, 3.63) is 28.8 Å². The Morgan fingerprint density at radius 3 is 2.80 bits per heavy atom. The van der Waals surface area contributed by atoms with Gasteiger partial charge in [0.05, 0.1) is 12.7 Å². The molecular formula is C13H18O2. The summed E-state index contributed by atoms with van der Waals surface area (Å²) in [7, 11) is 0. The van der Waals surface area contributed by atoms with Crippen molar-refractivity contribution in [3.63, 3.8) is 0 Å². The fourth-order valence-electron chi connectivity index (χ4n) is 2.18. The molecule has 1 aromatic carbocycles. The van der Waals surface area contributed by atoms with E-state index in [1.807, 2.05) is 6.92 Å². The maximum Gasteiger partial charge on any atom is 0.128 e. The van der Waals surface area contributed by atoms with Gasteiger partial charge in [-0.3, -0.25) is 0 Å². The highest BCUT2D eigenvalue weighted by molar-refractivity contribution is 5.49. The minimum Gasteiger partial charge on any atom is -0.493 e. The molecule has 2 rings (SSSR count). The lowest BCUT2D eigenvalue weighted by molar-refractivity contribution is 0.113. The van der Waals surface area contributed by atoms with Gasteiger partial charge in [-0.2, -0.15) is 0 Å². The van der Waals surface area contributed by atoms with E-state index in [9.17, 15) is 5.11 Å². The summed E-state index contributed by atoms with van der Waals surface area (Å²) in [6.45, 7) is 6.94. The van der Waals surface area contributed by atoms with Crippen molar-refractivity contribution in [1.82, 2.24) is 0 Å². The van der Waals surface area contributed by atoms with Crippen LogP contribution in [0.1, 0.15) is 49.0 Å². The molecule has 0 fully saturated rings. The SMILES string of the molecule is Cc1ccc(C(C)C)c2c1OCCC2O. The van der Waals surface area contributed by atoms with E-state index < -0.39 is 0 Å². The first-order valence-electron chi connectivity index (χ1n) is 5.55. The zero-order chi connectivity index (χ0) is 11.0. The summed E-state index contributed by atoms with van der Waals surface area (Å²) < 4.78 is 5.66. The van der Waals surface area contributed by atoms with Crippen LogP contribution in [0.5, 0.6) is 5.75 Å². The molecule has 0 radical (unpaired) electrons. The van der Waals surface area contributed by atoms with Gasteiger partial charge >= 0.3 is 0 Å². The molecule has 82 valence electrons. The number of aliphatic hydroxyl groups is 1. The Kier molecular flexibility index (Phi) is 2.70. The van der Waals surface area contributed by atoms with Gasteiger partial charge in [-0.05, 0) is 24.0 Å². The summed E-state index contributed by atoms with van der Waals surface area (Å²) in [6, 6.07) is 4.18. The lowest BCUT2D eigenvalue weighted by Crippen LogP contribution is -2.17. The van der Waals surface area contributed by atoms with E-state index in [1.54, 1.807) is 0 Å². The topological polar surface area (TPSA) is 29.5 Å². The van der Waals surface area contributed by atoms with Gasteiger partial charge in [0.25, 0.3) is 0 Å². The largest absolute Gasteiger partial charge is 0.493 e. The van der Waals surface area contributed by atoms with Crippen molar-refractivity contribution in [2.24, 2.45) is 0 Å². The molecule has 0 spiro atoms. The molecule has 2 nitrogen and oxygen atoms in total. The van der Waals surface area contributed by atoms with Crippen molar-refractivity contribution < 1.29 is 9.84 Å². The van der Waals surface area contributed by atoms with Crippen LogP contribution in [0.4, 0.5) is 0 Å². The Morgan fingerprint density at radius 2 is 2.13 bits per heavy atom. The van der Waals surface area contributed by atoms with E-state index in [-0.39, 0.29) is 6.10 Å². The second kappa shape index (κ2) is 3.86. The Balaban J connectivity index is 2.60. The molecule has 15 heavy (non-hydrogen) atoms. The van der Waals surface area contributed by atoms with Crippen LogP contribution in [0, 0.1) is 6.92 Å². The number of rotatable bonds is 1. The first-order chi connectivity index (χ1) is 7.11. The molecule has 1 atom stereocenters. The summed E-state index contributed by atoms with van der Waals surface area (Å²) >= 11 is 0. The van der Waals surface area contributed by atoms with Gasteiger partial charge in [0.1, 0.15) is 5.75 Å². The first kappa shape index (κ1) is 10.5. The van der Waals surface area contributed by atoms with Crippen LogP contribution in [-0.2, 0) is 0 Å². The minimum absolute atomic E-state index is 0.356. The quantitative estimate of drug-likeness (QED) is 0.765. The second-order valence-electron chi connectivity index (χ2n) is 4.52. The predicted molar refractivity (Wildman–Crippen MR) is 60.3 cm³/mol. The highest BCUT2D eigenvalue weighted by Gasteiger charge is 2.24. The van der Waals surface area contributed by atoms with Gasteiger partial charge in [0.15, 0.2) is 0 Å². The van der Waals surface area contributed by atoms with Gasteiger partial charge in [0, 0.05) is 12.0 Å². The highest BCUT2D eigenvalue weighted by atomic mass is 16.5. The standard InChI is InChI=1S/C13H18O2/c1-8(2)10-5-4-9(3)13-12(10)11(14)6-7-15-13/h4-5,8,11,14H,6-7H2,1-3H3. The van der Waals surface area contributed by atoms with Crippen molar-refractivity contribution in [1.29, 1.82) is 0 Å². The summed E-state index contributed by atoms with van der Waals surface area (Å²) in [6.07, 6.45) is 0.349. The predicted octanol–water partition coefficient (Wildman–Crippen LogP) is 2.93. The van der Waals surface area contributed by atoms with Crippen LogP contribution in [-0.4, -0.2) is 11.7 Å². The lowest BCUT2D eigenvalue weighted by Gasteiger charge is -2.27. The number of aliphatic hydroxyl groups excluding tert-OH is 1. The fraction of sp³-hybridized carbons (Fsp3) is 0.538. The molecule has 0 amide bonds. The molecule has 0 aliphatic carbocycles. The number of benzene rings is 1. The van der Waals surface area contributed by atoms with E-state index in [4.69, 9.17) is 4.74 Å². The molecule has 1 heterocycles. The van der Waals surface area contributed by atoms with E-state index >= 15 is 0 Å². The van der Waals surface area contributed by atoms with Gasteiger partial charge < -0.3 is 9.84 Å². The van der Waals surface area contributed by atoms with Crippen LogP contribution >= 0.6 is 0 Å². The van der Waals surface area contributed by atoms with Crippen molar-refractivity contribution in [2.75, 3.05) is 6.61 Å². The van der Waals surface area contributed by atoms with Crippen LogP contribution < -0.4 is 4.74 Å². The molecule has 1 aromatic rings. The normalized spacial score (nSPS) is 19.9. The number of hydrogen-bond donors (Lipinski definition) is 1. The van der Waals surface area contributed by atoms with E-state index in [0.29, 0.717) is 18.9 Å². The van der Waals surface area contributed by atoms with E-state index in [0.717, 1.165) is 16.9 Å².